The molecule has 0 aromatic rings. The summed E-state index contributed by atoms with van der Waals surface area (Å²) in [4.78, 5) is 89.4. The molecule has 0 aliphatic carbocycles. The fraction of sp³-hybridized carbons (Fsp3) is 0.894. The molecular weight excluding hydrogens is 1370 g/mol. The van der Waals surface area contributed by atoms with Crippen LogP contribution < -0.4 is 31.9 Å². The fourth-order valence-electron chi connectivity index (χ4n) is 10.9. The van der Waals surface area contributed by atoms with E-state index in [-0.39, 0.29) is 226 Å². The molecule has 0 radical (unpaired) electrons. The molecule has 0 aromatic heterocycles. The fourth-order valence-corrected chi connectivity index (χ4v) is 10.9. The molecule has 0 aromatic carbocycles. The molecule has 3 aliphatic rings. The third-order valence-electron chi connectivity index (χ3n) is 16.3. The highest BCUT2D eigenvalue weighted by atomic mass is 16.7. The standard InChI is InChI=1S/C66H120N6O31/c1-43(76)69-53-59(86)56(83)47(40-73)101-62(53)98-36-33-95-30-27-92-24-21-89-18-8-9-46(79)11-15-66(72-51(81)12-14-65(4,5)6,39-52(82)68-17-20-91-23-26-94-29-32-97-35-38-100-64-55(71-45(3)78)61(88)58(85)49(42-75)103-64)13-7-10-50(80)67-16-19-90-22-25-93-28-31-96-34-37-99-63-54(70-44(2)77)60(87)57(84)48(41-74)102-63/h47-49,53-64,73-75,83-88H,7-42H2,1-6H3,(H,67,80)(H,68,82)(H,69,76)(H,70,77)(H,71,78)(H,72,81). The van der Waals surface area contributed by atoms with Crippen LogP contribution in [0.25, 0.3) is 0 Å². The topological polar surface area (TPSA) is 512 Å². The molecule has 3 saturated heterocycles. The number of ketones is 1. The highest BCUT2D eigenvalue weighted by Crippen LogP contribution is 2.29. The number of hydrogen-bond acceptors (Lipinski definition) is 31. The van der Waals surface area contributed by atoms with E-state index in [9.17, 15) is 79.5 Å². The van der Waals surface area contributed by atoms with Crippen molar-refractivity contribution >= 4 is 41.2 Å². The number of aliphatic hydroxyl groups excluding tert-OH is 9. The van der Waals surface area contributed by atoms with Gasteiger partial charge in [-0.1, -0.05) is 20.8 Å². The van der Waals surface area contributed by atoms with Gasteiger partial charge in [-0.2, -0.15) is 0 Å². The van der Waals surface area contributed by atoms with Crippen molar-refractivity contribution in [3.05, 3.63) is 0 Å². The van der Waals surface area contributed by atoms with Crippen LogP contribution >= 0.6 is 0 Å². The number of nitrogens with one attached hydrogen (secondary N) is 6. The van der Waals surface area contributed by atoms with Gasteiger partial charge >= 0.3 is 0 Å². The van der Waals surface area contributed by atoms with Crippen LogP contribution in [0.2, 0.25) is 0 Å². The molecule has 15 N–H and O–H groups in total. The van der Waals surface area contributed by atoms with E-state index in [1.165, 1.54) is 20.8 Å². The predicted molar refractivity (Wildman–Crippen MR) is 359 cm³/mol. The summed E-state index contributed by atoms with van der Waals surface area (Å²) in [5, 5.41) is 107. The zero-order chi connectivity index (χ0) is 76.0. The minimum Gasteiger partial charge on any atom is -0.394 e. The summed E-state index contributed by atoms with van der Waals surface area (Å²) >= 11 is 0. The third-order valence-corrected chi connectivity index (χ3v) is 16.3. The molecule has 37 heteroatoms. The van der Waals surface area contributed by atoms with Crippen molar-refractivity contribution in [1.82, 2.24) is 31.9 Å². The van der Waals surface area contributed by atoms with Crippen LogP contribution in [0.5, 0.6) is 0 Å². The Hall–Kier alpha value is -4.47. The molecule has 3 heterocycles. The number of rotatable bonds is 58. The van der Waals surface area contributed by atoms with Crippen molar-refractivity contribution in [1.29, 1.82) is 0 Å². The zero-order valence-electron chi connectivity index (χ0n) is 60.6. The van der Waals surface area contributed by atoms with Gasteiger partial charge in [-0.3, -0.25) is 33.6 Å². The summed E-state index contributed by atoms with van der Waals surface area (Å²) in [6.45, 7) is 11.7. The van der Waals surface area contributed by atoms with Gasteiger partial charge in [0, 0.05) is 78.1 Å². The van der Waals surface area contributed by atoms with E-state index in [0.717, 1.165) is 0 Å². The van der Waals surface area contributed by atoms with Gasteiger partial charge in [0.05, 0.1) is 152 Å². The average Bonchev–Trinajstić information content (AvgIpc) is 0.825. The van der Waals surface area contributed by atoms with E-state index >= 15 is 0 Å². The summed E-state index contributed by atoms with van der Waals surface area (Å²) < 4.78 is 83.8. The van der Waals surface area contributed by atoms with Crippen LogP contribution in [-0.4, -0.2) is 356 Å². The first-order chi connectivity index (χ1) is 49.2. The van der Waals surface area contributed by atoms with Gasteiger partial charge in [-0.05, 0) is 37.5 Å². The number of aliphatic hydroxyl groups is 9. The Morgan fingerprint density at radius 3 is 1.03 bits per heavy atom. The molecule has 16 unspecified atom stereocenters. The highest BCUT2D eigenvalue weighted by molar-refractivity contribution is 5.82. The van der Waals surface area contributed by atoms with Crippen LogP contribution in [0.1, 0.15) is 106 Å². The number of carbonyl (C=O) groups is 7. The second-order valence-corrected chi connectivity index (χ2v) is 26.2. The van der Waals surface area contributed by atoms with E-state index in [1.807, 2.05) is 20.8 Å². The summed E-state index contributed by atoms with van der Waals surface area (Å²) in [5.74, 6) is -2.57. The third kappa shape index (κ3) is 39.3. The monoisotopic (exact) mass is 1490 g/mol. The number of hydrogen-bond donors (Lipinski definition) is 15. The van der Waals surface area contributed by atoms with Crippen LogP contribution in [0.4, 0.5) is 0 Å². The smallest absolute Gasteiger partial charge is 0.222 e. The Kier molecular flexibility index (Phi) is 48.0. The van der Waals surface area contributed by atoms with Gasteiger partial charge in [0.1, 0.15) is 78.8 Å². The molecule has 0 bridgehead atoms. The Balaban J connectivity index is 1.45. The molecule has 3 aliphatic heterocycles. The molecule has 0 spiro atoms. The Bertz CT molecular complexity index is 2360. The summed E-state index contributed by atoms with van der Waals surface area (Å²) in [5.41, 5.74) is -1.41. The van der Waals surface area contributed by atoms with Gasteiger partial charge in [0.15, 0.2) is 18.9 Å². The first kappa shape index (κ1) is 92.7. The Labute approximate surface area is 602 Å². The molecule has 0 saturated carbocycles. The summed E-state index contributed by atoms with van der Waals surface area (Å²) in [6.07, 6.45) is -13.8. The van der Waals surface area contributed by atoms with Crippen LogP contribution in [0.3, 0.4) is 0 Å². The maximum Gasteiger partial charge on any atom is 0.222 e. The molecule has 16 atom stereocenters. The van der Waals surface area contributed by atoms with E-state index in [1.54, 1.807) is 0 Å². The van der Waals surface area contributed by atoms with Gasteiger partial charge < -0.3 is 149 Å². The molecule has 3 rings (SSSR count). The SMILES string of the molecule is CC(=O)NC1C(OCCOCCOCCOCCCC(=O)CCC(CCCC(=O)NCCOCCOCCOCCOC2OC(CO)C(O)C(O)C2NC(C)=O)(CC(=O)NCCOCCOCCOCCOC2OC(CO)C(O)C(O)C2NC(C)=O)NC(=O)CCC(C)(C)C)OC(CO)C(O)C1O. The maximum atomic E-state index is 13.8. The first-order valence-electron chi connectivity index (χ1n) is 35.3. The predicted octanol–water partition coefficient (Wildman–Crippen LogP) is -5.38. The first-order valence-corrected chi connectivity index (χ1v) is 35.3. The molecule has 3 fully saturated rings. The highest BCUT2D eigenvalue weighted by Gasteiger charge is 2.48. The number of Topliss-reactive ketones (excluding diaryl/α,β-unsaturated/α-hetero) is 1. The molecule has 37 nitrogen and oxygen atoms in total. The molecular formula is C66H120N6O31. The van der Waals surface area contributed by atoms with Crippen molar-refractivity contribution < 1.29 is 151 Å². The minimum atomic E-state index is -1.44. The van der Waals surface area contributed by atoms with Crippen molar-refractivity contribution in [3.8, 4) is 0 Å². The summed E-state index contributed by atoms with van der Waals surface area (Å²) in [7, 11) is 0. The van der Waals surface area contributed by atoms with Gasteiger partial charge in [0.2, 0.25) is 35.4 Å². The normalized spacial score (nSPS) is 25.7. The van der Waals surface area contributed by atoms with Crippen molar-refractivity contribution in [3.63, 3.8) is 0 Å². The number of ether oxygens (including phenoxy) is 15. The van der Waals surface area contributed by atoms with Crippen molar-refractivity contribution in [2.45, 2.75) is 203 Å². The maximum absolute atomic E-state index is 13.8. The second-order valence-electron chi connectivity index (χ2n) is 26.2. The average molecular weight is 1490 g/mol. The van der Waals surface area contributed by atoms with E-state index in [2.05, 4.69) is 31.9 Å². The van der Waals surface area contributed by atoms with E-state index < -0.39 is 141 Å². The Morgan fingerprint density at radius 2 is 0.689 bits per heavy atom. The van der Waals surface area contributed by atoms with Crippen molar-refractivity contribution in [2.75, 3.05) is 172 Å². The minimum absolute atomic E-state index is 0.00469. The van der Waals surface area contributed by atoms with Crippen LogP contribution in [0, 0.1) is 5.41 Å². The lowest BCUT2D eigenvalue weighted by Gasteiger charge is -2.42. The van der Waals surface area contributed by atoms with Crippen LogP contribution in [0.15, 0.2) is 0 Å². The largest absolute Gasteiger partial charge is 0.394 e. The lowest BCUT2D eigenvalue weighted by molar-refractivity contribution is -0.272. The van der Waals surface area contributed by atoms with Gasteiger partial charge in [-0.25, -0.2) is 0 Å². The second kappa shape index (κ2) is 53.3. The number of carbonyl (C=O) groups excluding carboxylic acids is 7. The van der Waals surface area contributed by atoms with E-state index in [4.69, 9.17) is 71.1 Å². The van der Waals surface area contributed by atoms with Gasteiger partial charge in [-0.15, -0.1) is 0 Å². The quantitative estimate of drug-likeness (QED) is 0.0253. The molecule has 6 amide bonds. The van der Waals surface area contributed by atoms with E-state index in [0.29, 0.717) is 12.8 Å². The Morgan fingerprint density at radius 1 is 0.359 bits per heavy atom. The number of amides is 6. The van der Waals surface area contributed by atoms with Crippen molar-refractivity contribution in [2.24, 2.45) is 5.41 Å². The molecule has 103 heavy (non-hydrogen) atoms. The zero-order valence-corrected chi connectivity index (χ0v) is 60.6. The lowest BCUT2D eigenvalue weighted by atomic mass is 9.82. The summed E-state index contributed by atoms with van der Waals surface area (Å²) in [6, 6.07) is -3.23. The molecule has 600 valence electrons. The van der Waals surface area contributed by atoms with Gasteiger partial charge in [0.25, 0.3) is 0 Å². The van der Waals surface area contributed by atoms with Crippen LogP contribution in [-0.2, 0) is 105 Å². The lowest BCUT2D eigenvalue weighted by Crippen LogP contribution is -2.64.